The number of anilines is 1. The SMILES string of the molecule is Cc1ccc(S(=O)(=O)CCC(=O)Nc2ccccc2C(C)C)cc1. The summed E-state index contributed by atoms with van der Waals surface area (Å²) < 4.78 is 24.6. The van der Waals surface area contributed by atoms with E-state index in [4.69, 9.17) is 0 Å². The van der Waals surface area contributed by atoms with Gasteiger partial charge >= 0.3 is 0 Å². The average molecular weight is 345 g/mol. The summed E-state index contributed by atoms with van der Waals surface area (Å²) >= 11 is 0. The molecule has 2 rings (SSSR count). The molecule has 0 heterocycles. The Morgan fingerprint density at radius 1 is 1.04 bits per heavy atom. The van der Waals surface area contributed by atoms with Gasteiger partial charge in [-0.2, -0.15) is 0 Å². The van der Waals surface area contributed by atoms with Crippen molar-refractivity contribution in [1.82, 2.24) is 0 Å². The molecule has 1 N–H and O–H groups in total. The number of carbonyl (C=O) groups is 1. The molecule has 0 unspecified atom stereocenters. The summed E-state index contributed by atoms with van der Waals surface area (Å²) in [6.07, 6.45) is -0.0668. The quantitative estimate of drug-likeness (QED) is 0.863. The molecular formula is C19H23NO3S. The van der Waals surface area contributed by atoms with E-state index in [1.807, 2.05) is 45.0 Å². The molecule has 2 aromatic rings. The Labute approximate surface area is 143 Å². The Kier molecular flexibility index (Phi) is 5.78. The maximum atomic E-state index is 12.3. The first-order chi connectivity index (χ1) is 11.3. The molecule has 0 radical (unpaired) electrons. The van der Waals surface area contributed by atoms with Gasteiger partial charge in [-0.25, -0.2) is 8.42 Å². The van der Waals surface area contributed by atoms with Crippen LogP contribution in [0.15, 0.2) is 53.4 Å². The van der Waals surface area contributed by atoms with Gasteiger partial charge in [0.05, 0.1) is 10.6 Å². The van der Waals surface area contributed by atoms with Crippen molar-refractivity contribution in [3.05, 3.63) is 59.7 Å². The van der Waals surface area contributed by atoms with Gasteiger partial charge in [0.2, 0.25) is 5.91 Å². The molecule has 128 valence electrons. The molecule has 0 saturated heterocycles. The second-order valence-corrected chi connectivity index (χ2v) is 8.28. The normalized spacial score (nSPS) is 11.5. The van der Waals surface area contributed by atoms with Crippen molar-refractivity contribution in [3.8, 4) is 0 Å². The number of hydrogen-bond donors (Lipinski definition) is 1. The third kappa shape index (κ3) is 4.68. The molecule has 0 fully saturated rings. The van der Waals surface area contributed by atoms with Gasteiger partial charge in [0.1, 0.15) is 0 Å². The van der Waals surface area contributed by atoms with Crippen LogP contribution in [0.2, 0.25) is 0 Å². The van der Waals surface area contributed by atoms with Crippen molar-refractivity contribution in [2.24, 2.45) is 0 Å². The highest BCUT2D eigenvalue weighted by Crippen LogP contribution is 2.24. The van der Waals surface area contributed by atoms with E-state index in [-0.39, 0.29) is 28.9 Å². The van der Waals surface area contributed by atoms with E-state index in [0.29, 0.717) is 0 Å². The number of amides is 1. The second-order valence-electron chi connectivity index (χ2n) is 6.17. The van der Waals surface area contributed by atoms with Gasteiger partial charge in [0, 0.05) is 12.1 Å². The molecule has 0 spiro atoms. The fourth-order valence-corrected chi connectivity index (χ4v) is 3.66. The summed E-state index contributed by atoms with van der Waals surface area (Å²) in [6, 6.07) is 14.2. The number of sulfone groups is 1. The molecular weight excluding hydrogens is 322 g/mol. The van der Waals surface area contributed by atoms with Gasteiger partial charge < -0.3 is 5.32 Å². The predicted molar refractivity (Wildman–Crippen MR) is 97.0 cm³/mol. The topological polar surface area (TPSA) is 63.2 Å². The molecule has 0 aliphatic heterocycles. The van der Waals surface area contributed by atoms with Crippen LogP contribution in [0, 0.1) is 6.92 Å². The summed E-state index contributed by atoms with van der Waals surface area (Å²) in [7, 11) is -3.45. The van der Waals surface area contributed by atoms with Gasteiger partial charge in [0.15, 0.2) is 9.84 Å². The zero-order chi connectivity index (χ0) is 17.7. The van der Waals surface area contributed by atoms with Gasteiger partial charge in [0.25, 0.3) is 0 Å². The molecule has 0 aliphatic rings. The Hall–Kier alpha value is -2.14. The van der Waals surface area contributed by atoms with E-state index in [1.165, 1.54) is 0 Å². The predicted octanol–water partition coefficient (Wildman–Crippen LogP) is 3.92. The van der Waals surface area contributed by atoms with E-state index in [0.717, 1.165) is 16.8 Å². The fraction of sp³-hybridized carbons (Fsp3) is 0.316. The lowest BCUT2D eigenvalue weighted by Gasteiger charge is -2.13. The Balaban J connectivity index is 2.02. The van der Waals surface area contributed by atoms with E-state index in [2.05, 4.69) is 5.32 Å². The standard InChI is InChI=1S/C19H23NO3S/c1-14(2)17-6-4-5-7-18(17)20-19(21)12-13-24(22,23)16-10-8-15(3)9-11-16/h4-11,14H,12-13H2,1-3H3,(H,20,21). The maximum absolute atomic E-state index is 12.3. The minimum absolute atomic E-state index is 0.0668. The first kappa shape index (κ1) is 18.2. The number of nitrogens with one attached hydrogen (secondary N) is 1. The van der Waals surface area contributed by atoms with E-state index >= 15 is 0 Å². The molecule has 0 aliphatic carbocycles. The third-order valence-corrected chi connectivity index (χ3v) is 5.57. The van der Waals surface area contributed by atoms with Crippen LogP contribution in [0.5, 0.6) is 0 Å². The second kappa shape index (κ2) is 7.62. The van der Waals surface area contributed by atoms with Gasteiger partial charge in [-0.05, 0) is 36.6 Å². The number of carbonyl (C=O) groups excluding carboxylic acids is 1. The van der Waals surface area contributed by atoms with Crippen molar-refractivity contribution in [1.29, 1.82) is 0 Å². The average Bonchev–Trinajstić information content (AvgIpc) is 2.54. The molecule has 0 atom stereocenters. The smallest absolute Gasteiger partial charge is 0.225 e. The number of aryl methyl sites for hydroxylation is 1. The van der Waals surface area contributed by atoms with Crippen LogP contribution < -0.4 is 5.32 Å². The minimum atomic E-state index is -3.45. The zero-order valence-electron chi connectivity index (χ0n) is 14.2. The third-order valence-electron chi connectivity index (χ3n) is 3.83. The van der Waals surface area contributed by atoms with Crippen molar-refractivity contribution >= 4 is 21.4 Å². The monoisotopic (exact) mass is 345 g/mol. The van der Waals surface area contributed by atoms with E-state index < -0.39 is 9.84 Å². The Morgan fingerprint density at radius 2 is 1.67 bits per heavy atom. The zero-order valence-corrected chi connectivity index (χ0v) is 15.1. The summed E-state index contributed by atoms with van der Waals surface area (Å²) in [5, 5.41) is 2.82. The molecule has 4 nitrogen and oxygen atoms in total. The van der Waals surface area contributed by atoms with Crippen molar-refractivity contribution in [2.45, 2.75) is 38.0 Å². The summed E-state index contributed by atoms with van der Waals surface area (Å²) in [6.45, 7) is 6.00. The molecule has 2 aromatic carbocycles. The number of benzene rings is 2. The van der Waals surface area contributed by atoms with Crippen LogP contribution in [0.3, 0.4) is 0 Å². The molecule has 5 heteroatoms. The molecule has 1 amide bonds. The maximum Gasteiger partial charge on any atom is 0.225 e. The van der Waals surface area contributed by atoms with Crippen LogP contribution in [0.1, 0.15) is 37.3 Å². The van der Waals surface area contributed by atoms with Crippen molar-refractivity contribution in [2.75, 3.05) is 11.1 Å². The lowest BCUT2D eigenvalue weighted by atomic mass is 10.0. The largest absolute Gasteiger partial charge is 0.326 e. The van der Waals surface area contributed by atoms with Crippen molar-refractivity contribution < 1.29 is 13.2 Å². The summed E-state index contributed by atoms with van der Waals surface area (Å²) in [4.78, 5) is 12.4. The molecule has 0 bridgehead atoms. The van der Waals surface area contributed by atoms with Gasteiger partial charge in [-0.3, -0.25) is 4.79 Å². The Bertz CT molecular complexity index is 809. The molecule has 0 aromatic heterocycles. The van der Waals surface area contributed by atoms with Crippen LogP contribution in [0.4, 0.5) is 5.69 Å². The van der Waals surface area contributed by atoms with E-state index in [1.54, 1.807) is 24.3 Å². The lowest BCUT2D eigenvalue weighted by Crippen LogP contribution is -2.18. The summed E-state index contributed by atoms with van der Waals surface area (Å²) in [5.41, 5.74) is 2.77. The highest BCUT2D eigenvalue weighted by Gasteiger charge is 2.17. The summed E-state index contributed by atoms with van der Waals surface area (Å²) in [5.74, 6) is -0.220. The number of rotatable bonds is 6. The number of para-hydroxylation sites is 1. The first-order valence-corrected chi connectivity index (χ1v) is 9.63. The number of hydrogen-bond acceptors (Lipinski definition) is 3. The van der Waals surface area contributed by atoms with Gasteiger partial charge in [-0.1, -0.05) is 49.7 Å². The van der Waals surface area contributed by atoms with Crippen LogP contribution in [0.25, 0.3) is 0 Å². The highest BCUT2D eigenvalue weighted by atomic mass is 32.2. The van der Waals surface area contributed by atoms with Gasteiger partial charge in [-0.15, -0.1) is 0 Å². The highest BCUT2D eigenvalue weighted by molar-refractivity contribution is 7.91. The van der Waals surface area contributed by atoms with Crippen LogP contribution >= 0.6 is 0 Å². The van der Waals surface area contributed by atoms with Crippen LogP contribution in [-0.2, 0) is 14.6 Å². The molecule has 0 saturated carbocycles. The fourth-order valence-electron chi connectivity index (χ4n) is 2.42. The van der Waals surface area contributed by atoms with E-state index in [9.17, 15) is 13.2 Å². The minimum Gasteiger partial charge on any atom is -0.326 e. The van der Waals surface area contributed by atoms with Crippen molar-refractivity contribution in [3.63, 3.8) is 0 Å². The lowest BCUT2D eigenvalue weighted by molar-refractivity contribution is -0.115. The Morgan fingerprint density at radius 3 is 2.29 bits per heavy atom. The first-order valence-electron chi connectivity index (χ1n) is 7.98. The molecule has 24 heavy (non-hydrogen) atoms. The van der Waals surface area contributed by atoms with Crippen LogP contribution in [-0.4, -0.2) is 20.1 Å².